The molecule has 9 heteroatoms. The highest BCUT2D eigenvalue weighted by Crippen LogP contribution is 2.40. The molecule has 1 aromatic carbocycles. The first-order valence-electron chi connectivity index (χ1n) is 11.6. The van der Waals surface area contributed by atoms with Gasteiger partial charge in [0.1, 0.15) is 16.9 Å². The number of nitrogens with zero attached hydrogens (tertiary/aromatic N) is 6. The second kappa shape index (κ2) is 7.19. The third-order valence-corrected chi connectivity index (χ3v) is 6.82. The van der Waals surface area contributed by atoms with Gasteiger partial charge in [0.15, 0.2) is 12.1 Å². The van der Waals surface area contributed by atoms with Crippen molar-refractivity contribution in [3.8, 4) is 0 Å². The smallest absolute Gasteiger partial charge is 0.271 e. The van der Waals surface area contributed by atoms with Crippen LogP contribution in [0.25, 0.3) is 21.9 Å². The summed E-state index contributed by atoms with van der Waals surface area (Å²) < 4.78 is 5.65. The van der Waals surface area contributed by atoms with Gasteiger partial charge in [-0.15, -0.1) is 0 Å². The second-order valence-corrected chi connectivity index (χ2v) is 9.18. The minimum absolute atomic E-state index is 0.142. The van der Waals surface area contributed by atoms with Crippen molar-refractivity contribution in [2.45, 2.75) is 51.2 Å². The highest BCUT2D eigenvalue weighted by atomic mass is 16.2. The summed E-state index contributed by atoms with van der Waals surface area (Å²) in [6.07, 6.45) is 7.02. The van der Waals surface area contributed by atoms with Gasteiger partial charge in [-0.05, 0) is 44.7 Å². The van der Waals surface area contributed by atoms with Gasteiger partial charge in [0.2, 0.25) is 0 Å². The van der Waals surface area contributed by atoms with E-state index < -0.39 is 0 Å². The van der Waals surface area contributed by atoms with E-state index in [2.05, 4.69) is 31.8 Å². The van der Waals surface area contributed by atoms with Gasteiger partial charge in [0, 0.05) is 44.2 Å². The molecule has 1 amide bonds. The van der Waals surface area contributed by atoms with Gasteiger partial charge in [-0.3, -0.25) is 14.3 Å². The van der Waals surface area contributed by atoms with Crippen LogP contribution in [0.2, 0.25) is 0 Å². The molecule has 3 aromatic heterocycles. The minimum atomic E-state index is 0.142. The van der Waals surface area contributed by atoms with Crippen molar-refractivity contribution < 1.29 is 9.59 Å². The van der Waals surface area contributed by atoms with Gasteiger partial charge >= 0.3 is 0 Å². The van der Waals surface area contributed by atoms with Crippen LogP contribution in [-0.2, 0) is 20.6 Å². The normalized spacial score (nSPS) is 16.0. The van der Waals surface area contributed by atoms with E-state index in [1.165, 1.54) is 0 Å². The van der Waals surface area contributed by atoms with E-state index in [0.29, 0.717) is 30.1 Å². The summed E-state index contributed by atoms with van der Waals surface area (Å²) in [5.74, 6) is 0.716. The molecule has 2 aliphatic rings. The Kier molecular flexibility index (Phi) is 4.36. The van der Waals surface area contributed by atoms with E-state index in [-0.39, 0.29) is 5.91 Å². The number of aryl methyl sites for hydroxylation is 3. The molecule has 33 heavy (non-hydrogen) atoms. The lowest BCUT2D eigenvalue weighted by Gasteiger charge is -2.22. The predicted molar refractivity (Wildman–Crippen MR) is 126 cm³/mol. The molecular weight excluding hydrogens is 418 g/mol. The van der Waals surface area contributed by atoms with Gasteiger partial charge < -0.3 is 19.4 Å². The fraction of sp³-hybridized carbons (Fsp3) is 0.417. The summed E-state index contributed by atoms with van der Waals surface area (Å²) in [4.78, 5) is 31.7. The number of hydrogen-bond acceptors (Lipinski definition) is 5. The number of hydrogen-bond donors (Lipinski definition) is 1. The molecule has 0 radical (unpaired) electrons. The fourth-order valence-corrected chi connectivity index (χ4v) is 4.93. The molecule has 2 aliphatic carbocycles. The van der Waals surface area contributed by atoms with Crippen LogP contribution in [0, 0.1) is 0 Å². The first-order valence-corrected chi connectivity index (χ1v) is 11.6. The highest BCUT2D eigenvalue weighted by Gasteiger charge is 2.43. The topological polar surface area (TPSA) is 90.0 Å². The molecule has 3 heterocycles. The molecule has 0 aliphatic heterocycles. The molecule has 6 rings (SSSR count). The standard InChI is InChI=1S/C24H27N7O2/c1-4-30-19-11-18(26-21-9-16(12-32)29(3)27-21)22-23(28(2)13-25-22)17(19)10-20(30)24(33)31(14-5-6-14)15-7-8-15/h9-15H,4-8H2,1-3H3,(H,26,27). The lowest BCUT2D eigenvalue weighted by atomic mass is 10.1. The molecule has 0 saturated heterocycles. The van der Waals surface area contributed by atoms with E-state index in [1.807, 2.05) is 23.7 Å². The van der Waals surface area contributed by atoms with E-state index in [9.17, 15) is 9.59 Å². The van der Waals surface area contributed by atoms with Crippen LogP contribution in [-0.4, -0.2) is 53.1 Å². The molecule has 1 N–H and O–H groups in total. The molecule has 2 fully saturated rings. The number of aromatic nitrogens is 5. The van der Waals surface area contributed by atoms with Crippen LogP contribution in [0.5, 0.6) is 0 Å². The van der Waals surface area contributed by atoms with Crippen molar-refractivity contribution in [1.29, 1.82) is 0 Å². The van der Waals surface area contributed by atoms with Gasteiger partial charge in [-0.25, -0.2) is 4.98 Å². The maximum atomic E-state index is 13.7. The van der Waals surface area contributed by atoms with E-state index in [1.54, 1.807) is 24.1 Å². The Labute approximate surface area is 191 Å². The number of benzene rings is 1. The molecular formula is C24H27N7O2. The Bertz CT molecular complexity index is 1410. The van der Waals surface area contributed by atoms with E-state index in [0.717, 1.165) is 65.3 Å². The molecule has 170 valence electrons. The summed E-state index contributed by atoms with van der Waals surface area (Å²) in [5.41, 5.74) is 4.77. The third kappa shape index (κ3) is 3.13. The van der Waals surface area contributed by atoms with Crippen LogP contribution in [0.4, 0.5) is 11.5 Å². The second-order valence-electron chi connectivity index (χ2n) is 9.18. The van der Waals surface area contributed by atoms with Crippen LogP contribution >= 0.6 is 0 Å². The van der Waals surface area contributed by atoms with E-state index in [4.69, 9.17) is 0 Å². The number of nitrogens with one attached hydrogen (secondary N) is 1. The molecule has 0 bridgehead atoms. The quantitative estimate of drug-likeness (QED) is 0.439. The maximum absolute atomic E-state index is 13.7. The average Bonchev–Trinajstić information content (AvgIpc) is 3.71. The van der Waals surface area contributed by atoms with Gasteiger partial charge in [-0.1, -0.05) is 0 Å². The summed E-state index contributed by atoms with van der Waals surface area (Å²) in [5, 5.41) is 8.75. The number of anilines is 2. The Morgan fingerprint density at radius 1 is 1.18 bits per heavy atom. The van der Waals surface area contributed by atoms with Gasteiger partial charge in [0.25, 0.3) is 5.91 Å². The molecule has 0 atom stereocenters. The zero-order chi connectivity index (χ0) is 22.9. The minimum Gasteiger partial charge on any atom is -0.337 e. The molecule has 4 aromatic rings. The Morgan fingerprint density at radius 3 is 2.52 bits per heavy atom. The van der Waals surface area contributed by atoms with Crippen LogP contribution < -0.4 is 5.32 Å². The van der Waals surface area contributed by atoms with Gasteiger partial charge in [-0.2, -0.15) is 5.10 Å². The Balaban J connectivity index is 1.51. The zero-order valence-corrected chi connectivity index (χ0v) is 19.1. The van der Waals surface area contributed by atoms with Crippen LogP contribution in [0.15, 0.2) is 24.5 Å². The van der Waals surface area contributed by atoms with Crippen molar-refractivity contribution >= 4 is 45.6 Å². The third-order valence-electron chi connectivity index (χ3n) is 6.82. The summed E-state index contributed by atoms with van der Waals surface area (Å²) >= 11 is 0. The van der Waals surface area contributed by atoms with Crippen LogP contribution in [0.1, 0.15) is 53.6 Å². The van der Waals surface area contributed by atoms with Crippen molar-refractivity contribution in [3.63, 3.8) is 0 Å². The predicted octanol–water partition coefficient (Wildman–Crippen LogP) is 3.60. The summed E-state index contributed by atoms with van der Waals surface area (Å²) in [6.45, 7) is 2.76. The molecule has 0 unspecified atom stereocenters. The highest BCUT2D eigenvalue weighted by molar-refractivity contribution is 6.12. The first-order chi connectivity index (χ1) is 16.0. The van der Waals surface area contributed by atoms with Crippen molar-refractivity contribution in [2.75, 3.05) is 5.32 Å². The fourth-order valence-electron chi connectivity index (χ4n) is 4.93. The number of amides is 1. The molecule has 9 nitrogen and oxygen atoms in total. The Morgan fingerprint density at radius 2 is 1.91 bits per heavy atom. The van der Waals surface area contributed by atoms with Crippen molar-refractivity contribution in [2.24, 2.45) is 14.1 Å². The number of fused-ring (bicyclic) bond motifs is 3. The SMILES string of the molecule is CCn1c(C(=O)N(C2CC2)C2CC2)cc2c3c(ncn3C)c(Nc3cc(C=O)n(C)n3)cc21. The summed E-state index contributed by atoms with van der Waals surface area (Å²) in [6, 6.07) is 6.59. The van der Waals surface area contributed by atoms with E-state index >= 15 is 0 Å². The first kappa shape index (κ1) is 20.0. The van der Waals surface area contributed by atoms with Gasteiger partial charge in [0.05, 0.1) is 23.0 Å². The zero-order valence-electron chi connectivity index (χ0n) is 19.1. The number of imidazole rings is 1. The van der Waals surface area contributed by atoms with Crippen molar-refractivity contribution in [3.05, 3.63) is 35.9 Å². The lowest BCUT2D eigenvalue weighted by Crippen LogP contribution is -2.36. The van der Waals surface area contributed by atoms with Crippen molar-refractivity contribution in [1.82, 2.24) is 28.8 Å². The summed E-state index contributed by atoms with van der Waals surface area (Å²) in [7, 11) is 3.70. The van der Waals surface area contributed by atoms with Crippen LogP contribution in [0.3, 0.4) is 0 Å². The lowest BCUT2D eigenvalue weighted by molar-refractivity contribution is 0.0719. The molecule has 0 spiro atoms. The average molecular weight is 446 g/mol. The largest absolute Gasteiger partial charge is 0.337 e. The molecule has 2 saturated carbocycles. The monoisotopic (exact) mass is 445 g/mol. The number of carbonyl (C=O) groups excluding carboxylic acids is 2. The maximum Gasteiger partial charge on any atom is 0.271 e. The number of rotatable bonds is 7. The Hall–Kier alpha value is -3.62. The number of aldehydes is 1. The number of carbonyl (C=O) groups is 2.